The molecule has 1 rings (SSSR count). The second-order valence-corrected chi connectivity index (χ2v) is 7.14. The third-order valence-corrected chi connectivity index (χ3v) is 4.48. The highest BCUT2D eigenvalue weighted by molar-refractivity contribution is 14.0. The Balaban J connectivity index is 0.00000729. The van der Waals surface area contributed by atoms with Crippen LogP contribution in [0.3, 0.4) is 0 Å². The number of benzene rings is 1. The summed E-state index contributed by atoms with van der Waals surface area (Å²) in [5.74, 6) is 1.49. The van der Waals surface area contributed by atoms with Crippen LogP contribution in [0.15, 0.2) is 29.3 Å². The minimum atomic E-state index is -0.668. The van der Waals surface area contributed by atoms with Gasteiger partial charge in [-0.05, 0) is 58.9 Å². The molecule has 6 nitrogen and oxygen atoms in total. The van der Waals surface area contributed by atoms with Crippen LogP contribution in [0.25, 0.3) is 0 Å². The maximum atomic E-state index is 10.5. The lowest BCUT2D eigenvalue weighted by Crippen LogP contribution is -2.42. The van der Waals surface area contributed by atoms with Gasteiger partial charge in [-0.25, -0.2) is 0 Å². The van der Waals surface area contributed by atoms with Crippen LogP contribution in [0.5, 0.6) is 5.75 Å². The van der Waals surface area contributed by atoms with Gasteiger partial charge in [0.05, 0.1) is 18.8 Å². The quantitative estimate of drug-likeness (QED) is 0.244. The maximum absolute atomic E-state index is 10.5. The van der Waals surface area contributed by atoms with E-state index >= 15 is 0 Å². The number of nitrogens with one attached hydrogen (secondary N) is 2. The first-order chi connectivity index (χ1) is 12.9. The Morgan fingerprint density at radius 3 is 2.54 bits per heavy atom. The summed E-state index contributed by atoms with van der Waals surface area (Å²) in [6, 6.07) is 8.14. The molecule has 2 unspecified atom stereocenters. The first-order valence-electron chi connectivity index (χ1n) is 10.0. The average Bonchev–Trinajstić information content (AvgIpc) is 2.64. The minimum absolute atomic E-state index is 0. The van der Waals surface area contributed by atoms with E-state index in [1.54, 1.807) is 0 Å². The lowest BCUT2D eigenvalue weighted by molar-refractivity contribution is 0.185. The summed E-state index contributed by atoms with van der Waals surface area (Å²) in [6.45, 7) is 13.3. The highest BCUT2D eigenvalue weighted by Gasteiger charge is 2.10. The Kier molecular flexibility index (Phi) is 14.3. The first-order valence-corrected chi connectivity index (χ1v) is 10.0. The van der Waals surface area contributed by atoms with Gasteiger partial charge in [0.25, 0.3) is 0 Å². The smallest absolute Gasteiger partial charge is 0.191 e. The molecule has 28 heavy (non-hydrogen) atoms. The third kappa shape index (κ3) is 10.5. The molecular formula is C21H39IN4O2. The van der Waals surface area contributed by atoms with Gasteiger partial charge in [-0.1, -0.05) is 19.1 Å². The number of aliphatic hydroxyl groups excluding tert-OH is 1. The number of aliphatic hydroxyl groups is 1. The van der Waals surface area contributed by atoms with Crippen LogP contribution in [-0.2, 0) is 0 Å². The molecule has 7 heteroatoms. The van der Waals surface area contributed by atoms with Gasteiger partial charge in [0.1, 0.15) is 5.75 Å². The van der Waals surface area contributed by atoms with Crippen LogP contribution in [0.1, 0.15) is 52.7 Å². The number of rotatable bonds is 11. The van der Waals surface area contributed by atoms with Crippen molar-refractivity contribution in [3.05, 3.63) is 29.8 Å². The van der Waals surface area contributed by atoms with Crippen molar-refractivity contribution in [1.82, 2.24) is 15.5 Å². The maximum Gasteiger partial charge on any atom is 0.191 e. The summed E-state index contributed by atoms with van der Waals surface area (Å²) < 4.78 is 5.70. The summed E-state index contributed by atoms with van der Waals surface area (Å²) in [5, 5.41) is 17.1. The zero-order valence-electron chi connectivity index (χ0n) is 18.2. The number of guanidine groups is 1. The summed E-state index contributed by atoms with van der Waals surface area (Å²) >= 11 is 0. The Morgan fingerprint density at radius 2 is 1.93 bits per heavy atom. The summed E-state index contributed by atoms with van der Waals surface area (Å²) in [7, 11) is 2.13. The van der Waals surface area contributed by atoms with E-state index in [4.69, 9.17) is 4.74 Å². The minimum Gasteiger partial charge on any atom is -0.491 e. The van der Waals surface area contributed by atoms with Crippen molar-refractivity contribution in [2.24, 2.45) is 4.99 Å². The fourth-order valence-corrected chi connectivity index (χ4v) is 2.57. The van der Waals surface area contributed by atoms with Crippen molar-refractivity contribution < 1.29 is 9.84 Å². The van der Waals surface area contributed by atoms with Gasteiger partial charge in [0.2, 0.25) is 0 Å². The van der Waals surface area contributed by atoms with Crippen LogP contribution in [0, 0.1) is 0 Å². The number of halogens is 1. The van der Waals surface area contributed by atoms with Gasteiger partial charge in [-0.2, -0.15) is 0 Å². The molecular weight excluding hydrogens is 467 g/mol. The van der Waals surface area contributed by atoms with Crippen molar-refractivity contribution in [3.63, 3.8) is 0 Å². The summed E-state index contributed by atoms with van der Waals surface area (Å²) in [6.07, 6.45) is 0.573. The predicted octanol–water partition coefficient (Wildman–Crippen LogP) is 3.41. The number of aliphatic imine (C=N–C) groups is 1. The average molecular weight is 506 g/mol. The molecule has 162 valence electrons. The zero-order chi connectivity index (χ0) is 20.2. The molecule has 0 aliphatic heterocycles. The van der Waals surface area contributed by atoms with Crippen molar-refractivity contribution in [2.45, 2.75) is 59.3 Å². The highest BCUT2D eigenvalue weighted by Crippen LogP contribution is 2.20. The van der Waals surface area contributed by atoms with Crippen LogP contribution in [0.4, 0.5) is 0 Å². The Hall–Kier alpha value is -1.06. The fraction of sp³-hybridized carbons (Fsp3) is 0.667. The molecule has 0 aliphatic carbocycles. The lowest BCUT2D eigenvalue weighted by Gasteiger charge is -2.24. The second kappa shape index (κ2) is 14.9. The van der Waals surface area contributed by atoms with E-state index < -0.39 is 6.10 Å². The van der Waals surface area contributed by atoms with Crippen molar-refractivity contribution in [2.75, 3.05) is 33.2 Å². The molecule has 1 aromatic rings. The standard InChI is InChI=1S/C21H38N4O2.HI/c1-7-17(5)25(6)13-12-23-21(22-8-2)24-15-20(26)18-10-9-11-19(14-18)27-16(3)4;/h9-11,14,16-17,20,26H,7-8,12-13,15H2,1-6H3,(H2,22,23,24);1H. The zero-order valence-corrected chi connectivity index (χ0v) is 20.6. The van der Waals surface area contributed by atoms with Crippen LogP contribution >= 0.6 is 24.0 Å². The molecule has 0 saturated heterocycles. The number of likely N-dealkylation sites (N-methyl/N-ethyl adjacent to an activating group) is 1. The van der Waals surface area contributed by atoms with Crippen molar-refractivity contribution >= 4 is 29.9 Å². The van der Waals surface area contributed by atoms with Gasteiger partial charge in [-0.3, -0.25) is 4.99 Å². The number of hydrogen-bond acceptors (Lipinski definition) is 4. The third-order valence-electron chi connectivity index (χ3n) is 4.48. The number of ether oxygens (including phenoxy) is 1. The van der Waals surface area contributed by atoms with E-state index in [1.807, 2.05) is 45.0 Å². The molecule has 1 aromatic carbocycles. The van der Waals surface area contributed by atoms with Gasteiger partial charge >= 0.3 is 0 Å². The summed E-state index contributed by atoms with van der Waals surface area (Å²) in [5.41, 5.74) is 0.809. The topological polar surface area (TPSA) is 69.1 Å². The van der Waals surface area contributed by atoms with Gasteiger partial charge < -0.3 is 25.4 Å². The van der Waals surface area contributed by atoms with E-state index in [0.717, 1.165) is 43.3 Å². The van der Waals surface area contributed by atoms with Crippen molar-refractivity contribution in [1.29, 1.82) is 0 Å². The van der Waals surface area contributed by atoms with Gasteiger partial charge in [0.15, 0.2) is 5.96 Å². The molecule has 0 spiro atoms. The second-order valence-electron chi connectivity index (χ2n) is 7.14. The Bertz CT molecular complexity index is 569. The van der Waals surface area contributed by atoms with E-state index in [1.165, 1.54) is 0 Å². The molecule has 0 aromatic heterocycles. The molecule has 0 fully saturated rings. The molecule has 2 atom stereocenters. The van der Waals surface area contributed by atoms with Crippen LogP contribution in [0.2, 0.25) is 0 Å². The van der Waals surface area contributed by atoms with E-state index in [-0.39, 0.29) is 30.1 Å². The van der Waals surface area contributed by atoms with Crippen molar-refractivity contribution in [3.8, 4) is 5.75 Å². The van der Waals surface area contributed by atoms with Gasteiger partial charge in [0, 0.05) is 25.7 Å². The SMILES string of the molecule is CCNC(=NCC(O)c1cccc(OC(C)C)c1)NCCN(C)C(C)CC.I. The first kappa shape index (κ1) is 26.9. The van der Waals surface area contributed by atoms with Crippen LogP contribution in [-0.4, -0.2) is 61.3 Å². The molecule has 0 amide bonds. The van der Waals surface area contributed by atoms with E-state index in [2.05, 4.69) is 41.4 Å². The Morgan fingerprint density at radius 1 is 1.21 bits per heavy atom. The fourth-order valence-electron chi connectivity index (χ4n) is 2.57. The highest BCUT2D eigenvalue weighted by atomic mass is 127. The number of hydrogen-bond donors (Lipinski definition) is 3. The molecule has 3 N–H and O–H groups in total. The van der Waals surface area contributed by atoms with Crippen LogP contribution < -0.4 is 15.4 Å². The molecule has 0 saturated carbocycles. The predicted molar refractivity (Wildman–Crippen MR) is 129 cm³/mol. The molecule has 0 radical (unpaired) electrons. The molecule has 0 aliphatic rings. The molecule has 0 heterocycles. The molecule has 0 bridgehead atoms. The summed E-state index contributed by atoms with van der Waals surface area (Å²) in [4.78, 5) is 6.85. The van der Waals surface area contributed by atoms with E-state index in [9.17, 15) is 5.11 Å². The largest absolute Gasteiger partial charge is 0.491 e. The van der Waals surface area contributed by atoms with E-state index in [0.29, 0.717) is 12.6 Å². The lowest BCUT2D eigenvalue weighted by atomic mass is 10.1. The number of nitrogens with zero attached hydrogens (tertiary/aromatic N) is 2. The monoisotopic (exact) mass is 506 g/mol. The normalized spacial score (nSPS) is 13.8. The Labute approximate surface area is 188 Å². The van der Waals surface area contributed by atoms with Gasteiger partial charge in [-0.15, -0.1) is 24.0 Å².